The number of hydrogen-bond donors (Lipinski definition) is 0. The van der Waals surface area contributed by atoms with Gasteiger partial charge in [0.15, 0.2) is 0 Å². The smallest absolute Gasteiger partial charge is 0.0696 e. The monoisotopic (exact) mass is 92.1 g/mol. The van der Waals surface area contributed by atoms with Crippen molar-refractivity contribution in [2.75, 3.05) is 27.4 Å². The summed E-state index contributed by atoms with van der Waals surface area (Å²) >= 11 is 0. The maximum absolute atomic E-state index is 4.66. The maximum atomic E-state index is 4.66. The summed E-state index contributed by atoms with van der Waals surface area (Å²) in [7, 11) is 3.30. The molecule has 0 atom stereocenters. The minimum absolute atomic E-state index is 0. The van der Waals surface area contributed by atoms with Gasteiger partial charge in [-0.15, -0.1) is 0 Å². The Morgan fingerprint density at radius 3 is 1.67 bits per heavy atom. The van der Waals surface area contributed by atoms with E-state index in [1.807, 2.05) is 0 Å². The Morgan fingerprint density at radius 2 is 1.50 bits per heavy atom. The van der Waals surface area contributed by atoms with Crippen LogP contribution >= 0.6 is 0 Å². The molecule has 6 heavy (non-hydrogen) atoms. The predicted molar refractivity (Wildman–Crippen MR) is 25.9 cm³/mol. The molecule has 0 aliphatic carbocycles. The van der Waals surface area contributed by atoms with Crippen molar-refractivity contribution < 1.29 is 10.9 Å². The fourth-order valence-corrected chi connectivity index (χ4v) is 0.167. The predicted octanol–water partition coefficient (Wildman–Crippen LogP) is 0.525. The highest BCUT2D eigenvalue weighted by molar-refractivity contribution is 4.17. The molecule has 0 rings (SSSR count). The molecule has 0 aliphatic rings. The van der Waals surface area contributed by atoms with Crippen molar-refractivity contribution in [3.63, 3.8) is 0 Å². The van der Waals surface area contributed by atoms with E-state index in [2.05, 4.69) is 9.47 Å². The molecule has 0 aromatic rings. The Balaban J connectivity index is 0. The van der Waals surface area contributed by atoms with E-state index >= 15 is 0 Å². The second kappa shape index (κ2) is 4.92. The number of ether oxygens (including phenoxy) is 2. The summed E-state index contributed by atoms with van der Waals surface area (Å²) in [6, 6.07) is 0. The van der Waals surface area contributed by atoms with Crippen LogP contribution in [0.1, 0.15) is 1.43 Å². The molecule has 0 radical (unpaired) electrons. The van der Waals surface area contributed by atoms with Crippen LogP contribution in [0.4, 0.5) is 0 Å². The van der Waals surface area contributed by atoms with Crippen LogP contribution in [0.2, 0.25) is 0 Å². The van der Waals surface area contributed by atoms with Gasteiger partial charge < -0.3 is 9.47 Å². The van der Waals surface area contributed by atoms with Gasteiger partial charge in [0.2, 0.25) is 0 Å². The molecule has 0 spiro atoms. The minimum Gasteiger partial charge on any atom is -0.382 e. The largest absolute Gasteiger partial charge is 0.382 e. The van der Waals surface area contributed by atoms with Crippen LogP contribution in [0.15, 0.2) is 0 Å². The van der Waals surface area contributed by atoms with Gasteiger partial charge in [-0.1, -0.05) is 0 Å². The molecule has 0 aromatic carbocycles. The summed E-state index contributed by atoms with van der Waals surface area (Å²) in [6.45, 7) is 1.38. The summed E-state index contributed by atoms with van der Waals surface area (Å²) in [5, 5.41) is 0. The first-order chi connectivity index (χ1) is 2.91. The fraction of sp³-hybridized carbons (Fsp3) is 1.00. The molecule has 0 amide bonds. The van der Waals surface area contributed by atoms with Gasteiger partial charge in [-0.2, -0.15) is 0 Å². The summed E-state index contributed by atoms with van der Waals surface area (Å²) < 4.78 is 9.31. The van der Waals surface area contributed by atoms with Gasteiger partial charge in [-0.05, 0) is 0 Å². The first-order valence-electron chi connectivity index (χ1n) is 1.89. The lowest BCUT2D eigenvalue weighted by molar-refractivity contribution is 0.103. The van der Waals surface area contributed by atoms with Crippen molar-refractivity contribution in [1.82, 2.24) is 0 Å². The molecular weight excluding hydrogens is 80.0 g/mol. The molecule has 0 N–H and O–H groups in total. The molecular formula is C4H12O2. The first-order valence-corrected chi connectivity index (χ1v) is 1.89. The molecule has 0 unspecified atom stereocenters. The van der Waals surface area contributed by atoms with E-state index in [9.17, 15) is 0 Å². The SMILES string of the molecule is COCCOC.[HH]. The van der Waals surface area contributed by atoms with E-state index in [0.29, 0.717) is 13.2 Å². The van der Waals surface area contributed by atoms with Crippen LogP contribution in [0.25, 0.3) is 0 Å². The standard InChI is InChI=1S/C4H10O2.H2/c1-5-3-4-6-2;/h3-4H2,1-2H3;1H. The highest BCUT2D eigenvalue weighted by Gasteiger charge is 1.73. The van der Waals surface area contributed by atoms with Crippen molar-refractivity contribution in [2.45, 2.75) is 0 Å². The quantitative estimate of drug-likeness (QED) is 0.473. The third-order valence-corrected chi connectivity index (χ3v) is 0.492. The van der Waals surface area contributed by atoms with Crippen LogP contribution < -0.4 is 0 Å². The summed E-state index contributed by atoms with van der Waals surface area (Å²) in [6.07, 6.45) is 0. The third-order valence-electron chi connectivity index (χ3n) is 0.492. The zero-order valence-electron chi connectivity index (χ0n) is 4.23. The molecule has 0 saturated carbocycles. The summed E-state index contributed by atoms with van der Waals surface area (Å²) in [5.74, 6) is 0. The molecule has 0 aliphatic heterocycles. The molecule has 0 bridgehead atoms. The average molecular weight is 92.1 g/mol. The van der Waals surface area contributed by atoms with Crippen molar-refractivity contribution in [3.05, 3.63) is 0 Å². The number of rotatable bonds is 3. The van der Waals surface area contributed by atoms with Crippen LogP contribution in [0, 0.1) is 0 Å². The maximum Gasteiger partial charge on any atom is 0.0696 e. The zero-order chi connectivity index (χ0) is 4.83. The number of hydrogen-bond acceptors (Lipinski definition) is 2. The van der Waals surface area contributed by atoms with Crippen LogP contribution in [-0.2, 0) is 9.47 Å². The summed E-state index contributed by atoms with van der Waals surface area (Å²) in [5.41, 5.74) is 0. The Kier molecular flexibility index (Phi) is 4.85. The van der Waals surface area contributed by atoms with E-state index in [4.69, 9.17) is 0 Å². The highest BCUT2D eigenvalue weighted by Crippen LogP contribution is 1.65. The minimum atomic E-state index is 0. The lowest BCUT2D eigenvalue weighted by Gasteiger charge is -1.91. The first kappa shape index (κ1) is 5.92. The molecule has 2 nitrogen and oxygen atoms in total. The molecule has 0 heterocycles. The molecule has 0 saturated heterocycles. The molecule has 2 heteroatoms. The Morgan fingerprint density at radius 1 is 1.17 bits per heavy atom. The average Bonchev–Trinajstić information content (AvgIpc) is 1.61. The van der Waals surface area contributed by atoms with Crippen LogP contribution in [0.5, 0.6) is 0 Å². The molecule has 0 aromatic heterocycles. The fourth-order valence-electron chi connectivity index (χ4n) is 0.167. The van der Waals surface area contributed by atoms with E-state index in [-0.39, 0.29) is 1.43 Å². The van der Waals surface area contributed by atoms with Crippen molar-refractivity contribution in [2.24, 2.45) is 0 Å². The van der Waals surface area contributed by atoms with Gasteiger partial charge in [0.1, 0.15) is 0 Å². The van der Waals surface area contributed by atoms with Gasteiger partial charge >= 0.3 is 0 Å². The topological polar surface area (TPSA) is 18.5 Å². The van der Waals surface area contributed by atoms with Crippen molar-refractivity contribution in [3.8, 4) is 0 Å². The lowest BCUT2D eigenvalue weighted by atomic mass is 10.8. The van der Waals surface area contributed by atoms with Gasteiger partial charge in [0, 0.05) is 15.6 Å². The molecule has 0 fully saturated rings. The normalized spacial score (nSPS) is 9.00. The lowest BCUT2D eigenvalue weighted by Crippen LogP contribution is -1.96. The van der Waals surface area contributed by atoms with Crippen molar-refractivity contribution in [1.29, 1.82) is 0 Å². The number of methoxy groups -OCH3 is 2. The Hall–Kier alpha value is -0.0800. The van der Waals surface area contributed by atoms with E-state index in [1.54, 1.807) is 14.2 Å². The third kappa shape index (κ3) is 3.92. The molecule has 40 valence electrons. The van der Waals surface area contributed by atoms with Crippen LogP contribution in [-0.4, -0.2) is 27.4 Å². The van der Waals surface area contributed by atoms with Crippen molar-refractivity contribution >= 4 is 0 Å². The summed E-state index contributed by atoms with van der Waals surface area (Å²) in [4.78, 5) is 0. The Bertz CT molecular complexity index is 21.7. The van der Waals surface area contributed by atoms with Gasteiger partial charge in [-0.25, -0.2) is 0 Å². The zero-order valence-corrected chi connectivity index (χ0v) is 4.23. The second-order valence-electron chi connectivity index (χ2n) is 0.986. The van der Waals surface area contributed by atoms with E-state index in [1.165, 1.54) is 0 Å². The van der Waals surface area contributed by atoms with Gasteiger partial charge in [-0.3, -0.25) is 0 Å². The highest BCUT2D eigenvalue weighted by atomic mass is 16.5. The van der Waals surface area contributed by atoms with E-state index in [0.717, 1.165) is 0 Å². The van der Waals surface area contributed by atoms with Crippen LogP contribution in [0.3, 0.4) is 0 Å². The van der Waals surface area contributed by atoms with Gasteiger partial charge in [0.05, 0.1) is 13.2 Å². The van der Waals surface area contributed by atoms with Gasteiger partial charge in [0.25, 0.3) is 0 Å². The van der Waals surface area contributed by atoms with E-state index < -0.39 is 0 Å². The second-order valence-corrected chi connectivity index (χ2v) is 0.986. The Labute approximate surface area is 39.5 Å².